The van der Waals surface area contributed by atoms with Gasteiger partial charge in [0.15, 0.2) is 12.6 Å². The molecule has 2 heterocycles. The number of allylic oxidation sites excluding steroid dienone is 11. The van der Waals surface area contributed by atoms with Crippen molar-refractivity contribution in [3.8, 4) is 0 Å². The smallest absolute Gasteiger partial charge is 0.220 e. The Morgan fingerprint density at radius 2 is 0.909 bits per heavy atom. The Balaban J connectivity index is 1.73. The Kier molecular flexibility index (Phi) is 44.1. The van der Waals surface area contributed by atoms with Crippen LogP contribution in [0.25, 0.3) is 0 Å². The second-order valence-corrected chi connectivity index (χ2v) is 21.4. The van der Waals surface area contributed by atoms with Crippen LogP contribution < -0.4 is 5.32 Å². The summed E-state index contributed by atoms with van der Waals surface area (Å²) < 4.78 is 22.8. The number of amides is 1. The van der Waals surface area contributed by atoms with Gasteiger partial charge in [0.2, 0.25) is 5.91 Å². The summed E-state index contributed by atoms with van der Waals surface area (Å²) in [6.07, 6.45) is 46.6. The van der Waals surface area contributed by atoms with Gasteiger partial charge in [0, 0.05) is 6.42 Å². The fourth-order valence-corrected chi connectivity index (χ4v) is 9.71. The Hall–Kier alpha value is -2.57. The molecule has 12 atom stereocenters. The first-order valence-electron chi connectivity index (χ1n) is 30.7. The number of aliphatic hydroxyl groups excluding tert-OH is 8. The second-order valence-electron chi connectivity index (χ2n) is 21.4. The normalized spacial score (nSPS) is 25.2. The number of carbonyl (C=O) groups is 1. The van der Waals surface area contributed by atoms with E-state index in [4.69, 9.17) is 18.9 Å². The summed E-state index contributed by atoms with van der Waals surface area (Å²) in [6, 6.07) is -0.934. The molecule has 0 aromatic rings. The van der Waals surface area contributed by atoms with Gasteiger partial charge in [0.05, 0.1) is 32.0 Å². The lowest BCUT2D eigenvalue weighted by Gasteiger charge is -2.46. The first-order chi connectivity index (χ1) is 37.6. The van der Waals surface area contributed by atoms with E-state index in [1.165, 1.54) is 135 Å². The van der Waals surface area contributed by atoms with E-state index in [0.717, 1.165) is 57.8 Å². The Morgan fingerprint density at radius 3 is 1.43 bits per heavy atom. The lowest BCUT2D eigenvalue weighted by atomic mass is 9.97. The molecule has 1 amide bonds. The minimum absolute atomic E-state index is 0.252. The van der Waals surface area contributed by atoms with E-state index >= 15 is 0 Å². The van der Waals surface area contributed by atoms with Crippen LogP contribution in [0, 0.1) is 0 Å². The van der Waals surface area contributed by atoms with Crippen LogP contribution >= 0.6 is 0 Å². The lowest BCUT2D eigenvalue weighted by molar-refractivity contribution is -0.359. The van der Waals surface area contributed by atoms with E-state index in [1.807, 2.05) is 6.08 Å². The molecule has 0 saturated carbocycles. The molecular formula is C63H111NO13. The zero-order valence-electron chi connectivity index (χ0n) is 47.9. The maximum absolute atomic E-state index is 13.3. The largest absolute Gasteiger partial charge is 0.394 e. The average Bonchev–Trinajstić information content (AvgIpc) is 3.43. The molecule has 0 aromatic carbocycles. The zero-order valence-corrected chi connectivity index (χ0v) is 47.9. The number of aliphatic hydroxyl groups is 8. The van der Waals surface area contributed by atoms with Gasteiger partial charge in [-0.25, -0.2) is 0 Å². The molecule has 2 aliphatic heterocycles. The van der Waals surface area contributed by atoms with Gasteiger partial charge in [-0.15, -0.1) is 0 Å². The highest BCUT2D eigenvalue weighted by Crippen LogP contribution is 2.30. The van der Waals surface area contributed by atoms with E-state index in [2.05, 4.69) is 79.9 Å². The van der Waals surface area contributed by atoms with Crippen LogP contribution in [0.1, 0.15) is 226 Å². The number of hydrogen-bond donors (Lipinski definition) is 9. The van der Waals surface area contributed by atoms with Gasteiger partial charge in [0.1, 0.15) is 48.8 Å². The molecule has 0 aliphatic carbocycles. The Bertz CT molecular complexity index is 1570. The van der Waals surface area contributed by atoms with Crippen molar-refractivity contribution >= 4 is 5.91 Å². The van der Waals surface area contributed by atoms with E-state index in [1.54, 1.807) is 6.08 Å². The molecule has 0 spiro atoms. The van der Waals surface area contributed by atoms with E-state index in [-0.39, 0.29) is 18.9 Å². The minimum atomic E-state index is -1.79. The monoisotopic (exact) mass is 1090 g/mol. The lowest BCUT2D eigenvalue weighted by Crippen LogP contribution is -2.65. The summed E-state index contributed by atoms with van der Waals surface area (Å²) in [5, 5.41) is 87.1. The van der Waals surface area contributed by atoms with Crippen LogP contribution in [0.4, 0.5) is 0 Å². The molecule has 77 heavy (non-hydrogen) atoms. The highest BCUT2D eigenvalue weighted by atomic mass is 16.7. The molecule has 12 unspecified atom stereocenters. The van der Waals surface area contributed by atoms with Crippen molar-refractivity contribution in [3.05, 3.63) is 72.9 Å². The Morgan fingerprint density at radius 1 is 0.481 bits per heavy atom. The number of hydrogen-bond acceptors (Lipinski definition) is 13. The summed E-state index contributed by atoms with van der Waals surface area (Å²) in [5.74, 6) is -0.252. The summed E-state index contributed by atoms with van der Waals surface area (Å²) in [5.41, 5.74) is 0. The first-order valence-corrected chi connectivity index (χ1v) is 30.7. The number of nitrogens with one attached hydrogen (secondary N) is 1. The minimum Gasteiger partial charge on any atom is -0.394 e. The van der Waals surface area contributed by atoms with Crippen LogP contribution in [-0.4, -0.2) is 140 Å². The maximum atomic E-state index is 13.3. The van der Waals surface area contributed by atoms with Gasteiger partial charge in [-0.2, -0.15) is 0 Å². The van der Waals surface area contributed by atoms with Crippen molar-refractivity contribution in [3.63, 3.8) is 0 Å². The van der Waals surface area contributed by atoms with E-state index < -0.39 is 86.8 Å². The van der Waals surface area contributed by atoms with Crippen molar-refractivity contribution in [2.24, 2.45) is 0 Å². The molecule has 2 fully saturated rings. The van der Waals surface area contributed by atoms with Crippen LogP contribution in [0.2, 0.25) is 0 Å². The molecule has 446 valence electrons. The van der Waals surface area contributed by atoms with Gasteiger partial charge >= 0.3 is 0 Å². The molecule has 9 N–H and O–H groups in total. The number of carbonyl (C=O) groups excluding carboxylic acids is 1. The SMILES string of the molecule is CC/C=C\C/C=C\C/C=C\C/C=C\CCCCCCCCCCCCCCCCC(=O)NC(COC1OC(CO)C(OC2OC(CO)C(O)C(O)C2O)C(O)C1O)C(O)/C=C/CC/C=C/CCCCCCCCCCCC. The van der Waals surface area contributed by atoms with Crippen molar-refractivity contribution < 1.29 is 64.6 Å². The molecule has 0 bridgehead atoms. The Labute approximate surface area is 466 Å². The van der Waals surface area contributed by atoms with E-state index in [9.17, 15) is 45.6 Å². The molecule has 0 aromatic heterocycles. The van der Waals surface area contributed by atoms with E-state index in [0.29, 0.717) is 12.8 Å². The molecule has 14 heteroatoms. The van der Waals surface area contributed by atoms with Crippen LogP contribution in [0.15, 0.2) is 72.9 Å². The number of ether oxygens (including phenoxy) is 4. The van der Waals surface area contributed by atoms with Gasteiger partial charge in [-0.3, -0.25) is 4.79 Å². The predicted octanol–water partition coefficient (Wildman–Crippen LogP) is 10.7. The predicted molar refractivity (Wildman–Crippen MR) is 309 cm³/mol. The summed E-state index contributed by atoms with van der Waals surface area (Å²) in [7, 11) is 0. The standard InChI is InChI=1S/C63H111NO13/c1-3-5-7-9-11-13-15-17-19-21-22-23-24-25-26-27-28-29-30-31-33-35-37-39-41-43-45-47-55(68)64-51(52(67)46-44-42-40-38-36-34-32-20-18-16-14-12-10-8-6-4-2)50-74-62-60(73)58(71)61(54(49-66)76-62)77-63-59(72)57(70)56(69)53(48-65)75-63/h5,7,11,13,17,19,22-23,36,38,44,46,51-54,56-63,65-67,69-73H,3-4,6,8-10,12,14-16,18,20-21,24-35,37,39-43,45,47-50H2,1-2H3,(H,64,68)/b7-5-,13-11-,19-17-,23-22-,38-36+,46-44+. The van der Waals surface area contributed by atoms with Crippen molar-refractivity contribution in [2.75, 3.05) is 19.8 Å². The molecular weight excluding hydrogens is 979 g/mol. The molecule has 2 rings (SSSR count). The van der Waals surface area contributed by atoms with Crippen molar-refractivity contribution in [2.45, 2.75) is 299 Å². The van der Waals surface area contributed by atoms with Gasteiger partial charge in [-0.1, -0.05) is 222 Å². The van der Waals surface area contributed by atoms with Crippen molar-refractivity contribution in [1.29, 1.82) is 0 Å². The quantitative estimate of drug-likeness (QED) is 0.0204. The fraction of sp³-hybridized carbons (Fsp3) is 0.794. The summed E-state index contributed by atoms with van der Waals surface area (Å²) in [6.45, 7) is 2.67. The average molecular weight is 1090 g/mol. The summed E-state index contributed by atoms with van der Waals surface area (Å²) >= 11 is 0. The second kappa shape index (κ2) is 48.2. The molecule has 2 aliphatic rings. The fourth-order valence-electron chi connectivity index (χ4n) is 9.71. The molecule has 2 saturated heterocycles. The number of rotatable bonds is 48. The number of unbranched alkanes of at least 4 members (excludes halogenated alkanes) is 25. The first kappa shape index (κ1) is 70.5. The summed E-state index contributed by atoms with van der Waals surface area (Å²) in [4.78, 5) is 13.3. The molecule has 0 radical (unpaired) electrons. The van der Waals surface area contributed by atoms with Crippen LogP contribution in [0.5, 0.6) is 0 Å². The van der Waals surface area contributed by atoms with Gasteiger partial charge in [-0.05, 0) is 70.6 Å². The van der Waals surface area contributed by atoms with Gasteiger partial charge < -0.3 is 65.1 Å². The molecule has 14 nitrogen and oxygen atoms in total. The topological polar surface area (TPSA) is 228 Å². The van der Waals surface area contributed by atoms with Crippen LogP contribution in [-0.2, 0) is 23.7 Å². The van der Waals surface area contributed by atoms with Crippen molar-refractivity contribution in [1.82, 2.24) is 5.32 Å². The third-order valence-electron chi connectivity index (χ3n) is 14.6. The third-order valence-corrected chi connectivity index (χ3v) is 14.6. The maximum Gasteiger partial charge on any atom is 0.220 e. The van der Waals surface area contributed by atoms with Crippen LogP contribution in [0.3, 0.4) is 0 Å². The zero-order chi connectivity index (χ0) is 56.0. The highest BCUT2D eigenvalue weighted by Gasteiger charge is 2.51. The van der Waals surface area contributed by atoms with Gasteiger partial charge in [0.25, 0.3) is 0 Å². The third kappa shape index (κ3) is 33.7. The highest BCUT2D eigenvalue weighted by molar-refractivity contribution is 5.76.